The van der Waals surface area contributed by atoms with Gasteiger partial charge in [-0.1, -0.05) is 0 Å². The van der Waals surface area contributed by atoms with Crippen molar-refractivity contribution in [2.45, 2.75) is 13.0 Å². The Kier molecular flexibility index (Phi) is 5.48. The number of carbonyl (C=O) groups is 1. The Morgan fingerprint density at radius 3 is 2.52 bits per heavy atom. The highest BCUT2D eigenvalue weighted by Gasteiger charge is 2.19. The smallest absolute Gasteiger partial charge is 0.273 e. The number of methoxy groups -OCH3 is 1. The van der Waals surface area contributed by atoms with E-state index >= 15 is 0 Å². The molecule has 2 rings (SSSR count). The fourth-order valence-corrected chi connectivity index (χ4v) is 1.94. The van der Waals surface area contributed by atoms with Gasteiger partial charge in [-0.15, -0.1) is 0 Å². The Balaban J connectivity index is 2.10. The van der Waals surface area contributed by atoms with Crippen molar-refractivity contribution < 1.29 is 28.0 Å². The van der Waals surface area contributed by atoms with E-state index < -0.39 is 28.6 Å². The van der Waals surface area contributed by atoms with Crippen molar-refractivity contribution >= 4 is 17.3 Å². The maximum Gasteiger partial charge on any atom is 0.273 e. The average Bonchev–Trinajstić information content (AvgIpc) is 2.58. The fraction of sp³-hybridized carbons (Fsp3) is 0.188. The summed E-state index contributed by atoms with van der Waals surface area (Å²) >= 11 is 0. The maximum absolute atomic E-state index is 13.2. The van der Waals surface area contributed by atoms with E-state index in [2.05, 4.69) is 5.32 Å². The molecule has 0 fully saturated rings. The predicted octanol–water partition coefficient (Wildman–Crippen LogP) is 3.29. The highest BCUT2D eigenvalue weighted by atomic mass is 19.2. The molecule has 0 radical (unpaired) electrons. The maximum atomic E-state index is 13.2. The van der Waals surface area contributed by atoms with Crippen molar-refractivity contribution in [3.63, 3.8) is 0 Å². The van der Waals surface area contributed by atoms with Gasteiger partial charge in [0.25, 0.3) is 11.6 Å². The van der Waals surface area contributed by atoms with Gasteiger partial charge in [0, 0.05) is 12.1 Å². The monoisotopic (exact) mass is 352 g/mol. The van der Waals surface area contributed by atoms with Crippen LogP contribution in [0.5, 0.6) is 11.5 Å². The number of hydrogen-bond acceptors (Lipinski definition) is 5. The molecule has 25 heavy (non-hydrogen) atoms. The summed E-state index contributed by atoms with van der Waals surface area (Å²) in [5, 5.41) is 13.2. The first-order valence-corrected chi connectivity index (χ1v) is 7.07. The minimum Gasteiger partial charge on any atom is -0.494 e. The van der Waals surface area contributed by atoms with Gasteiger partial charge in [0.05, 0.1) is 23.8 Å². The predicted molar refractivity (Wildman–Crippen MR) is 84.7 cm³/mol. The molecule has 132 valence electrons. The lowest BCUT2D eigenvalue weighted by Crippen LogP contribution is -2.30. The topological polar surface area (TPSA) is 90.7 Å². The van der Waals surface area contributed by atoms with E-state index in [9.17, 15) is 23.7 Å². The number of hydrogen-bond donors (Lipinski definition) is 1. The van der Waals surface area contributed by atoms with Crippen LogP contribution in [0.3, 0.4) is 0 Å². The summed E-state index contributed by atoms with van der Waals surface area (Å²) in [4.78, 5) is 22.3. The second kappa shape index (κ2) is 7.56. The van der Waals surface area contributed by atoms with Crippen LogP contribution >= 0.6 is 0 Å². The van der Waals surface area contributed by atoms with E-state index in [1.807, 2.05) is 0 Å². The van der Waals surface area contributed by atoms with Crippen LogP contribution in [-0.4, -0.2) is 24.0 Å². The van der Waals surface area contributed by atoms with E-state index in [1.54, 1.807) is 0 Å². The van der Waals surface area contributed by atoms with E-state index in [1.165, 1.54) is 32.2 Å². The van der Waals surface area contributed by atoms with Gasteiger partial charge in [-0.25, -0.2) is 8.78 Å². The third-order valence-corrected chi connectivity index (χ3v) is 3.23. The highest BCUT2D eigenvalue weighted by molar-refractivity contribution is 5.95. The molecular weight excluding hydrogens is 338 g/mol. The Morgan fingerprint density at radius 2 is 1.92 bits per heavy atom. The number of nitrogens with zero attached hydrogens (tertiary/aromatic N) is 1. The number of amides is 1. The normalized spacial score (nSPS) is 11.5. The molecule has 0 aliphatic heterocycles. The SMILES string of the molecule is COc1cc([N+](=O)[O-])ccc1NC(=O)[C@H](C)Oc1ccc(F)c(F)c1. The second-order valence-corrected chi connectivity index (χ2v) is 4.97. The number of non-ortho nitro benzene ring substituents is 1. The zero-order chi connectivity index (χ0) is 18.6. The summed E-state index contributed by atoms with van der Waals surface area (Å²) in [5.41, 5.74) is 0.0137. The average molecular weight is 352 g/mol. The molecule has 1 N–H and O–H groups in total. The standard InChI is InChI=1S/C16H14F2N2O5/c1-9(25-11-4-5-12(17)13(18)8-11)16(21)19-14-6-3-10(20(22)23)7-15(14)24-2/h3-9H,1-2H3,(H,19,21)/t9-/m0/s1. The van der Waals surface area contributed by atoms with Crippen LogP contribution < -0.4 is 14.8 Å². The van der Waals surface area contributed by atoms with Crippen LogP contribution in [0.1, 0.15) is 6.92 Å². The molecule has 0 aliphatic rings. The third-order valence-electron chi connectivity index (χ3n) is 3.23. The Hall–Kier alpha value is -3.23. The summed E-state index contributed by atoms with van der Waals surface area (Å²) in [6.45, 7) is 1.41. The second-order valence-electron chi connectivity index (χ2n) is 4.97. The molecule has 0 bridgehead atoms. The molecule has 0 aliphatic carbocycles. The highest BCUT2D eigenvalue weighted by Crippen LogP contribution is 2.29. The zero-order valence-electron chi connectivity index (χ0n) is 13.3. The minimum atomic E-state index is -1.10. The van der Waals surface area contributed by atoms with Gasteiger partial charge >= 0.3 is 0 Å². The molecule has 1 amide bonds. The summed E-state index contributed by atoms with van der Waals surface area (Å²) in [5.74, 6) is -2.64. The molecular formula is C16H14F2N2O5. The van der Waals surface area contributed by atoms with Crippen molar-refractivity contribution in [3.8, 4) is 11.5 Å². The Labute approximate surface area is 141 Å². The third kappa shape index (κ3) is 4.40. The van der Waals surface area contributed by atoms with Crippen molar-refractivity contribution in [2.24, 2.45) is 0 Å². The first kappa shape index (κ1) is 18.1. The molecule has 1 atom stereocenters. The molecule has 2 aromatic carbocycles. The minimum absolute atomic E-state index is 0.0165. The summed E-state index contributed by atoms with van der Waals surface area (Å²) in [6, 6.07) is 6.59. The molecule has 9 heteroatoms. The van der Waals surface area contributed by atoms with Crippen LogP contribution in [0, 0.1) is 21.7 Å². The summed E-state index contributed by atoms with van der Waals surface area (Å²) < 4.78 is 36.3. The van der Waals surface area contributed by atoms with Crippen LogP contribution in [0.15, 0.2) is 36.4 Å². The lowest BCUT2D eigenvalue weighted by atomic mass is 10.2. The first-order valence-electron chi connectivity index (χ1n) is 7.07. The fourth-order valence-electron chi connectivity index (χ4n) is 1.94. The summed E-state index contributed by atoms with van der Waals surface area (Å²) in [7, 11) is 1.30. The van der Waals surface area contributed by atoms with Crippen LogP contribution in [0.25, 0.3) is 0 Å². The van der Waals surface area contributed by atoms with Crippen LogP contribution in [-0.2, 0) is 4.79 Å². The van der Waals surface area contributed by atoms with Gasteiger partial charge in [-0.05, 0) is 25.1 Å². The van der Waals surface area contributed by atoms with Gasteiger partial charge in [-0.2, -0.15) is 0 Å². The number of nitrogens with one attached hydrogen (secondary N) is 1. The zero-order valence-corrected chi connectivity index (χ0v) is 13.3. The Bertz CT molecular complexity index is 813. The quantitative estimate of drug-likeness (QED) is 0.636. The van der Waals surface area contributed by atoms with Crippen molar-refractivity contribution in [1.82, 2.24) is 0 Å². The molecule has 0 spiro atoms. The number of ether oxygens (including phenoxy) is 2. The summed E-state index contributed by atoms with van der Waals surface area (Å²) in [6.07, 6.45) is -1.04. The number of nitro groups is 1. The van der Waals surface area contributed by atoms with Crippen molar-refractivity contribution in [3.05, 3.63) is 58.1 Å². The number of nitro benzene ring substituents is 1. The first-order chi connectivity index (χ1) is 11.8. The molecule has 0 heterocycles. The largest absolute Gasteiger partial charge is 0.494 e. The number of halogens is 2. The van der Waals surface area contributed by atoms with Gasteiger partial charge in [0.1, 0.15) is 11.5 Å². The molecule has 7 nitrogen and oxygen atoms in total. The van der Waals surface area contributed by atoms with Gasteiger partial charge < -0.3 is 14.8 Å². The number of rotatable bonds is 6. The van der Waals surface area contributed by atoms with Gasteiger partial charge in [0.15, 0.2) is 17.7 Å². The van der Waals surface area contributed by atoms with Crippen molar-refractivity contribution in [2.75, 3.05) is 12.4 Å². The Morgan fingerprint density at radius 1 is 1.20 bits per heavy atom. The molecule has 0 aromatic heterocycles. The van der Waals surface area contributed by atoms with Gasteiger partial charge in [-0.3, -0.25) is 14.9 Å². The van der Waals surface area contributed by atoms with Crippen LogP contribution in [0.2, 0.25) is 0 Å². The van der Waals surface area contributed by atoms with E-state index in [0.717, 1.165) is 18.2 Å². The lowest BCUT2D eigenvalue weighted by molar-refractivity contribution is -0.384. The molecule has 2 aromatic rings. The van der Waals surface area contributed by atoms with Crippen LogP contribution in [0.4, 0.5) is 20.2 Å². The van der Waals surface area contributed by atoms with E-state index in [-0.39, 0.29) is 22.9 Å². The number of carbonyl (C=O) groups excluding carboxylic acids is 1. The number of benzene rings is 2. The molecule has 0 saturated heterocycles. The molecule has 0 saturated carbocycles. The van der Waals surface area contributed by atoms with Crippen molar-refractivity contribution in [1.29, 1.82) is 0 Å². The number of anilines is 1. The van der Waals surface area contributed by atoms with E-state index in [0.29, 0.717) is 0 Å². The lowest BCUT2D eigenvalue weighted by Gasteiger charge is -2.16. The van der Waals surface area contributed by atoms with E-state index in [4.69, 9.17) is 9.47 Å². The molecule has 0 unspecified atom stereocenters. The van der Waals surface area contributed by atoms with Gasteiger partial charge in [0.2, 0.25) is 0 Å².